The molecular formula is C20H29N5OS. The van der Waals surface area contributed by atoms with Crippen LogP contribution in [-0.2, 0) is 32.9 Å². The first-order chi connectivity index (χ1) is 13.0. The summed E-state index contributed by atoms with van der Waals surface area (Å²) in [7, 11) is 3.95. The number of aromatic nitrogens is 3. The number of carbonyl (C=O) groups is 1. The third-order valence-corrected chi connectivity index (χ3v) is 7.02. The van der Waals surface area contributed by atoms with E-state index in [2.05, 4.69) is 21.9 Å². The van der Waals surface area contributed by atoms with Crippen molar-refractivity contribution < 1.29 is 4.79 Å². The number of hydrogen-bond acceptors (Lipinski definition) is 5. The van der Waals surface area contributed by atoms with Gasteiger partial charge in [-0.2, -0.15) is 0 Å². The topological polar surface area (TPSA) is 63.1 Å². The number of nitrogens with zero attached hydrogens (tertiary/aromatic N) is 4. The summed E-state index contributed by atoms with van der Waals surface area (Å²) >= 11 is 1.57. The van der Waals surface area contributed by atoms with E-state index in [1.54, 1.807) is 16.2 Å². The Morgan fingerprint density at radius 2 is 2.15 bits per heavy atom. The van der Waals surface area contributed by atoms with Crippen molar-refractivity contribution in [3.63, 3.8) is 0 Å². The highest BCUT2D eigenvalue weighted by Crippen LogP contribution is 2.25. The standard InChI is InChI=1S/C20H29N5OS/c1-13-19(27-18(22-13)10-14-8-9-21-11-14)20(26)24(2)12-17-23-15-6-4-5-7-16(15)25(17)3/h14,21H,4-12H2,1-3H3. The molecule has 2 aromatic rings. The number of rotatable bonds is 5. The second-order valence-corrected chi connectivity index (χ2v) is 9.02. The van der Waals surface area contributed by atoms with Crippen molar-refractivity contribution in [2.75, 3.05) is 20.1 Å². The molecule has 0 radical (unpaired) electrons. The van der Waals surface area contributed by atoms with Gasteiger partial charge in [-0.15, -0.1) is 11.3 Å². The Bertz CT molecular complexity index is 834. The first-order valence-electron chi connectivity index (χ1n) is 9.98. The Hall–Kier alpha value is -1.73. The number of thiazole rings is 1. The lowest BCUT2D eigenvalue weighted by Crippen LogP contribution is -2.27. The monoisotopic (exact) mass is 387 g/mol. The van der Waals surface area contributed by atoms with Crippen molar-refractivity contribution in [2.24, 2.45) is 13.0 Å². The SMILES string of the molecule is Cc1nc(CC2CCNC2)sc1C(=O)N(C)Cc1nc2c(n1C)CCCC2. The van der Waals surface area contributed by atoms with Crippen molar-refractivity contribution in [1.82, 2.24) is 24.8 Å². The highest BCUT2D eigenvalue weighted by molar-refractivity contribution is 7.13. The van der Waals surface area contributed by atoms with Crippen molar-refractivity contribution >= 4 is 17.2 Å². The summed E-state index contributed by atoms with van der Waals surface area (Å²) in [6.45, 7) is 4.65. The Morgan fingerprint density at radius 3 is 2.89 bits per heavy atom. The Morgan fingerprint density at radius 1 is 1.33 bits per heavy atom. The Kier molecular flexibility index (Phi) is 5.32. The molecule has 1 fully saturated rings. The molecule has 1 atom stereocenters. The third kappa shape index (κ3) is 3.80. The largest absolute Gasteiger partial charge is 0.333 e. The van der Waals surface area contributed by atoms with E-state index in [1.807, 2.05) is 14.0 Å². The molecule has 1 N–H and O–H groups in total. The van der Waals surface area contributed by atoms with Gasteiger partial charge in [0, 0.05) is 26.2 Å². The number of imidazole rings is 1. The van der Waals surface area contributed by atoms with Crippen LogP contribution in [-0.4, -0.2) is 45.5 Å². The number of fused-ring (bicyclic) bond motifs is 1. The molecule has 7 heteroatoms. The fraction of sp³-hybridized carbons (Fsp3) is 0.650. The third-order valence-electron chi connectivity index (χ3n) is 5.85. The van der Waals surface area contributed by atoms with E-state index in [0.717, 1.165) is 53.8 Å². The first kappa shape index (κ1) is 18.6. The van der Waals surface area contributed by atoms with E-state index in [9.17, 15) is 4.79 Å². The molecule has 1 amide bonds. The number of hydrogen-bond donors (Lipinski definition) is 1. The average molecular weight is 388 g/mol. The number of amides is 1. The Balaban J connectivity index is 1.46. The van der Waals surface area contributed by atoms with Crippen LogP contribution in [0.25, 0.3) is 0 Å². The van der Waals surface area contributed by atoms with Gasteiger partial charge < -0.3 is 14.8 Å². The van der Waals surface area contributed by atoms with Gasteiger partial charge in [-0.05, 0) is 58.0 Å². The molecule has 6 nitrogen and oxygen atoms in total. The zero-order valence-electron chi connectivity index (χ0n) is 16.5. The van der Waals surface area contributed by atoms with Crippen LogP contribution < -0.4 is 5.32 Å². The molecule has 4 rings (SSSR count). The van der Waals surface area contributed by atoms with E-state index in [1.165, 1.54) is 30.7 Å². The predicted octanol–water partition coefficient (Wildman–Crippen LogP) is 2.49. The minimum absolute atomic E-state index is 0.0572. The lowest BCUT2D eigenvalue weighted by atomic mass is 10.0. The first-order valence-corrected chi connectivity index (χ1v) is 10.8. The van der Waals surface area contributed by atoms with Gasteiger partial charge in [0.25, 0.3) is 5.91 Å². The van der Waals surface area contributed by atoms with Gasteiger partial charge in [0.1, 0.15) is 10.7 Å². The summed E-state index contributed by atoms with van der Waals surface area (Å²) in [6.07, 6.45) is 6.79. The molecule has 27 heavy (non-hydrogen) atoms. The van der Waals surface area contributed by atoms with Crippen LogP contribution in [0.5, 0.6) is 0 Å². The van der Waals surface area contributed by atoms with Gasteiger partial charge in [-0.1, -0.05) is 0 Å². The molecule has 1 unspecified atom stereocenters. The minimum atomic E-state index is 0.0572. The van der Waals surface area contributed by atoms with Crippen LogP contribution in [0.15, 0.2) is 0 Å². The maximum absolute atomic E-state index is 13.0. The highest BCUT2D eigenvalue weighted by Gasteiger charge is 2.24. The molecule has 3 heterocycles. The summed E-state index contributed by atoms with van der Waals surface area (Å²) in [4.78, 5) is 25.1. The summed E-state index contributed by atoms with van der Waals surface area (Å²) in [6, 6.07) is 0. The molecule has 2 aromatic heterocycles. The molecule has 0 saturated carbocycles. The normalized spacial score (nSPS) is 19.3. The van der Waals surface area contributed by atoms with Gasteiger partial charge in [-0.25, -0.2) is 9.97 Å². The molecule has 0 aromatic carbocycles. The maximum Gasteiger partial charge on any atom is 0.266 e. The molecular weight excluding hydrogens is 358 g/mol. The molecule has 146 valence electrons. The van der Waals surface area contributed by atoms with Gasteiger partial charge in [-0.3, -0.25) is 4.79 Å². The van der Waals surface area contributed by atoms with Crippen LogP contribution in [0, 0.1) is 12.8 Å². The lowest BCUT2D eigenvalue weighted by molar-refractivity contribution is 0.0784. The predicted molar refractivity (Wildman–Crippen MR) is 107 cm³/mol. The van der Waals surface area contributed by atoms with Gasteiger partial charge >= 0.3 is 0 Å². The highest BCUT2D eigenvalue weighted by atomic mass is 32.1. The van der Waals surface area contributed by atoms with Crippen LogP contribution in [0.4, 0.5) is 0 Å². The van der Waals surface area contributed by atoms with Gasteiger partial charge in [0.15, 0.2) is 0 Å². The summed E-state index contributed by atoms with van der Waals surface area (Å²) < 4.78 is 2.19. The second-order valence-electron chi connectivity index (χ2n) is 7.93. The van der Waals surface area contributed by atoms with Gasteiger partial charge in [0.05, 0.1) is 22.9 Å². The molecule has 1 aliphatic heterocycles. The molecule has 1 aliphatic carbocycles. The van der Waals surface area contributed by atoms with Crippen LogP contribution >= 0.6 is 11.3 Å². The summed E-state index contributed by atoms with van der Waals surface area (Å²) in [5, 5.41) is 4.49. The molecule has 0 bridgehead atoms. The smallest absolute Gasteiger partial charge is 0.266 e. The number of carbonyl (C=O) groups excluding carboxylic acids is 1. The van der Waals surface area contributed by atoms with E-state index >= 15 is 0 Å². The molecule has 2 aliphatic rings. The number of aryl methyl sites for hydroxylation is 2. The van der Waals surface area contributed by atoms with Crippen LogP contribution in [0.3, 0.4) is 0 Å². The molecule has 1 saturated heterocycles. The van der Waals surface area contributed by atoms with Crippen molar-refractivity contribution in [2.45, 2.75) is 52.0 Å². The van der Waals surface area contributed by atoms with Gasteiger partial charge in [0.2, 0.25) is 0 Å². The van der Waals surface area contributed by atoms with Crippen LogP contribution in [0.2, 0.25) is 0 Å². The van der Waals surface area contributed by atoms with Crippen molar-refractivity contribution in [3.8, 4) is 0 Å². The molecule has 0 spiro atoms. The van der Waals surface area contributed by atoms with E-state index in [0.29, 0.717) is 12.5 Å². The van der Waals surface area contributed by atoms with E-state index < -0.39 is 0 Å². The lowest BCUT2D eigenvalue weighted by Gasteiger charge is -2.17. The van der Waals surface area contributed by atoms with Crippen LogP contribution in [0.1, 0.15) is 56.8 Å². The minimum Gasteiger partial charge on any atom is -0.333 e. The van der Waals surface area contributed by atoms with Crippen molar-refractivity contribution in [3.05, 3.63) is 32.8 Å². The second kappa shape index (κ2) is 7.72. The van der Waals surface area contributed by atoms with E-state index in [4.69, 9.17) is 4.98 Å². The number of nitrogens with one attached hydrogen (secondary N) is 1. The fourth-order valence-corrected chi connectivity index (χ4v) is 5.39. The fourth-order valence-electron chi connectivity index (χ4n) is 4.21. The van der Waals surface area contributed by atoms with E-state index in [-0.39, 0.29) is 5.91 Å². The zero-order valence-corrected chi connectivity index (χ0v) is 17.4. The average Bonchev–Trinajstić information content (AvgIpc) is 3.36. The Labute approximate surface area is 165 Å². The summed E-state index contributed by atoms with van der Waals surface area (Å²) in [5.41, 5.74) is 3.43. The quantitative estimate of drug-likeness (QED) is 0.856. The van der Waals surface area contributed by atoms with Crippen molar-refractivity contribution in [1.29, 1.82) is 0 Å². The maximum atomic E-state index is 13.0. The summed E-state index contributed by atoms with van der Waals surface area (Å²) in [5.74, 6) is 1.69. The zero-order chi connectivity index (χ0) is 19.0.